The molecule has 0 spiro atoms. The van der Waals surface area contributed by atoms with E-state index in [-0.39, 0.29) is 30.5 Å². The first-order valence-electron chi connectivity index (χ1n) is 6.27. The smallest absolute Gasteiger partial charge is 0.269 e. The van der Waals surface area contributed by atoms with E-state index in [0.29, 0.717) is 6.04 Å². The number of aromatic amines is 1. The third-order valence-corrected chi connectivity index (χ3v) is 3.37. The minimum atomic E-state index is -0.398. The summed E-state index contributed by atoms with van der Waals surface area (Å²) in [5, 5.41) is 14.0. The number of nitrogens with one attached hydrogen (secondary N) is 2. The monoisotopic (exact) mass is 330 g/mol. The van der Waals surface area contributed by atoms with Gasteiger partial charge in [0, 0.05) is 17.7 Å². The summed E-state index contributed by atoms with van der Waals surface area (Å²) in [6.45, 7) is 1.03. The van der Waals surface area contributed by atoms with Gasteiger partial charge in [0.1, 0.15) is 5.82 Å². The summed E-state index contributed by atoms with van der Waals surface area (Å²) in [4.78, 5) is 17.9. The molecule has 1 aromatic carbocycles. The lowest BCUT2D eigenvalue weighted by Gasteiger charge is -2.05. The highest BCUT2D eigenvalue weighted by atomic mass is 35.5. The molecule has 0 unspecified atom stereocenters. The second-order valence-electron chi connectivity index (χ2n) is 4.64. The van der Waals surface area contributed by atoms with Crippen molar-refractivity contribution in [3.63, 3.8) is 0 Å². The zero-order valence-electron chi connectivity index (χ0n) is 11.1. The standard InChI is InChI=1S/C13H14N4O2.2ClH/c18-17(19)10-5-3-9(4-6-10)12-8-15-13(16-12)11-2-1-7-14-11;;/h3-6,8,11,14H,1-2,7H2,(H,15,16);2*1H/t11-;;/m0../s1. The van der Waals surface area contributed by atoms with Crippen LogP contribution in [-0.4, -0.2) is 21.4 Å². The topological polar surface area (TPSA) is 83.8 Å². The normalized spacial score (nSPS) is 16.9. The number of non-ortho nitro benzene ring substituents is 1. The Morgan fingerprint density at radius 3 is 2.52 bits per heavy atom. The first kappa shape index (κ1) is 17.4. The highest BCUT2D eigenvalue weighted by Gasteiger charge is 2.19. The Labute approximate surface area is 134 Å². The molecular formula is C13H16Cl2N4O2. The van der Waals surface area contributed by atoms with E-state index in [1.807, 2.05) is 0 Å². The van der Waals surface area contributed by atoms with E-state index < -0.39 is 4.92 Å². The first-order chi connectivity index (χ1) is 9.24. The molecule has 1 aromatic heterocycles. The number of nitrogens with zero attached hydrogens (tertiary/aromatic N) is 2. The van der Waals surface area contributed by atoms with Gasteiger partial charge in [-0.2, -0.15) is 0 Å². The molecule has 1 atom stereocenters. The number of benzene rings is 1. The summed E-state index contributed by atoms with van der Waals surface area (Å²) in [6, 6.07) is 6.77. The molecule has 21 heavy (non-hydrogen) atoms. The Hall–Kier alpha value is -1.63. The van der Waals surface area contributed by atoms with Crippen molar-refractivity contribution in [3.05, 3.63) is 46.4 Å². The molecule has 1 aliphatic heterocycles. The van der Waals surface area contributed by atoms with Crippen molar-refractivity contribution in [3.8, 4) is 11.3 Å². The average Bonchev–Trinajstić information content (AvgIpc) is 3.10. The molecule has 1 aliphatic rings. The molecule has 1 saturated heterocycles. The van der Waals surface area contributed by atoms with E-state index in [1.54, 1.807) is 18.3 Å². The summed E-state index contributed by atoms with van der Waals surface area (Å²) < 4.78 is 0. The van der Waals surface area contributed by atoms with E-state index in [9.17, 15) is 10.1 Å². The van der Waals surface area contributed by atoms with Gasteiger partial charge in [0.2, 0.25) is 0 Å². The number of nitro benzene ring substituents is 1. The Morgan fingerprint density at radius 1 is 1.24 bits per heavy atom. The molecule has 2 heterocycles. The summed E-state index contributed by atoms with van der Waals surface area (Å²) in [7, 11) is 0. The number of rotatable bonds is 3. The van der Waals surface area contributed by atoms with Gasteiger partial charge < -0.3 is 10.3 Å². The van der Waals surface area contributed by atoms with Crippen LogP contribution in [0.5, 0.6) is 0 Å². The predicted octanol–water partition coefficient (Wildman–Crippen LogP) is 3.25. The molecule has 2 N–H and O–H groups in total. The SMILES string of the molecule is Cl.Cl.O=[N+]([O-])c1ccc(-c2cnc([C@@H]3CCCN3)[nH]2)cc1. The lowest BCUT2D eigenvalue weighted by Crippen LogP contribution is -2.14. The largest absolute Gasteiger partial charge is 0.341 e. The van der Waals surface area contributed by atoms with Crippen molar-refractivity contribution < 1.29 is 4.92 Å². The Bertz CT molecular complexity index is 594. The van der Waals surface area contributed by atoms with Gasteiger partial charge in [-0.1, -0.05) is 0 Å². The van der Waals surface area contributed by atoms with Crippen LogP contribution in [0.1, 0.15) is 24.7 Å². The van der Waals surface area contributed by atoms with Crippen LogP contribution in [0.15, 0.2) is 30.5 Å². The zero-order chi connectivity index (χ0) is 13.2. The summed E-state index contributed by atoms with van der Waals surface area (Å²) in [5.74, 6) is 0.936. The number of H-pyrrole nitrogens is 1. The summed E-state index contributed by atoms with van der Waals surface area (Å²) in [5.41, 5.74) is 1.89. The van der Waals surface area contributed by atoms with Crippen LogP contribution >= 0.6 is 24.8 Å². The molecular weight excluding hydrogens is 315 g/mol. The van der Waals surface area contributed by atoms with Crippen LogP contribution in [0.2, 0.25) is 0 Å². The maximum absolute atomic E-state index is 10.6. The fraction of sp³-hybridized carbons (Fsp3) is 0.308. The Balaban J connectivity index is 0.00000110. The molecule has 0 aliphatic carbocycles. The van der Waals surface area contributed by atoms with Crippen LogP contribution in [0, 0.1) is 10.1 Å². The van der Waals surface area contributed by atoms with Crippen molar-refractivity contribution in [2.24, 2.45) is 0 Å². The Morgan fingerprint density at radius 2 is 1.95 bits per heavy atom. The van der Waals surface area contributed by atoms with E-state index >= 15 is 0 Å². The number of hydrogen-bond donors (Lipinski definition) is 2. The summed E-state index contributed by atoms with van der Waals surface area (Å²) in [6.07, 6.45) is 4.03. The van der Waals surface area contributed by atoms with Crippen LogP contribution in [0.4, 0.5) is 5.69 Å². The number of aromatic nitrogens is 2. The lowest BCUT2D eigenvalue weighted by molar-refractivity contribution is -0.384. The lowest BCUT2D eigenvalue weighted by atomic mass is 10.1. The van der Waals surface area contributed by atoms with Gasteiger partial charge in [0.25, 0.3) is 5.69 Å². The number of nitro groups is 1. The fourth-order valence-corrected chi connectivity index (χ4v) is 2.34. The van der Waals surface area contributed by atoms with Crippen LogP contribution < -0.4 is 5.32 Å². The minimum absolute atomic E-state index is 0. The second kappa shape index (κ2) is 7.40. The highest BCUT2D eigenvalue weighted by Crippen LogP contribution is 2.25. The van der Waals surface area contributed by atoms with Crippen LogP contribution in [-0.2, 0) is 0 Å². The number of halogens is 2. The van der Waals surface area contributed by atoms with Gasteiger partial charge in [-0.15, -0.1) is 24.8 Å². The highest BCUT2D eigenvalue weighted by molar-refractivity contribution is 5.85. The number of imidazole rings is 1. The van der Waals surface area contributed by atoms with Crippen molar-refractivity contribution in [1.82, 2.24) is 15.3 Å². The third-order valence-electron chi connectivity index (χ3n) is 3.37. The predicted molar refractivity (Wildman–Crippen MR) is 85.2 cm³/mol. The van der Waals surface area contributed by atoms with Gasteiger partial charge in [-0.05, 0) is 31.5 Å². The van der Waals surface area contributed by atoms with Gasteiger partial charge in [-0.25, -0.2) is 4.98 Å². The third kappa shape index (κ3) is 3.72. The van der Waals surface area contributed by atoms with Gasteiger partial charge in [0.15, 0.2) is 0 Å². The molecule has 1 fully saturated rings. The molecule has 2 aromatic rings. The second-order valence-corrected chi connectivity index (χ2v) is 4.64. The Kier molecular flexibility index (Phi) is 6.14. The van der Waals surface area contributed by atoms with Crippen molar-refractivity contribution in [2.75, 3.05) is 6.54 Å². The summed E-state index contributed by atoms with van der Waals surface area (Å²) >= 11 is 0. The molecule has 0 saturated carbocycles. The van der Waals surface area contributed by atoms with Gasteiger partial charge in [-0.3, -0.25) is 10.1 Å². The van der Waals surface area contributed by atoms with Gasteiger partial charge >= 0.3 is 0 Å². The quantitative estimate of drug-likeness (QED) is 0.668. The van der Waals surface area contributed by atoms with Crippen molar-refractivity contribution in [1.29, 1.82) is 0 Å². The maximum atomic E-state index is 10.6. The minimum Gasteiger partial charge on any atom is -0.341 e. The average molecular weight is 331 g/mol. The molecule has 6 nitrogen and oxygen atoms in total. The van der Waals surface area contributed by atoms with E-state index in [2.05, 4.69) is 15.3 Å². The molecule has 3 rings (SSSR count). The van der Waals surface area contributed by atoms with E-state index in [4.69, 9.17) is 0 Å². The van der Waals surface area contributed by atoms with E-state index in [1.165, 1.54) is 12.1 Å². The van der Waals surface area contributed by atoms with Crippen molar-refractivity contribution >= 4 is 30.5 Å². The van der Waals surface area contributed by atoms with E-state index in [0.717, 1.165) is 36.5 Å². The first-order valence-corrected chi connectivity index (χ1v) is 6.27. The molecule has 0 bridgehead atoms. The number of hydrogen-bond acceptors (Lipinski definition) is 4. The zero-order valence-corrected chi connectivity index (χ0v) is 12.7. The molecule has 8 heteroatoms. The molecule has 0 amide bonds. The van der Waals surface area contributed by atoms with Crippen LogP contribution in [0.25, 0.3) is 11.3 Å². The molecule has 114 valence electrons. The fourth-order valence-electron chi connectivity index (χ4n) is 2.34. The maximum Gasteiger partial charge on any atom is 0.269 e. The molecule has 0 radical (unpaired) electrons. The van der Waals surface area contributed by atoms with Crippen LogP contribution in [0.3, 0.4) is 0 Å². The van der Waals surface area contributed by atoms with Crippen molar-refractivity contribution in [2.45, 2.75) is 18.9 Å². The van der Waals surface area contributed by atoms with Gasteiger partial charge in [0.05, 0.1) is 22.9 Å².